The van der Waals surface area contributed by atoms with Gasteiger partial charge in [0.15, 0.2) is 0 Å². The summed E-state index contributed by atoms with van der Waals surface area (Å²) in [5.41, 5.74) is 0. The second-order valence-corrected chi connectivity index (χ2v) is 6.85. The molecule has 0 radical (unpaired) electrons. The van der Waals surface area contributed by atoms with Crippen molar-refractivity contribution in [3.05, 3.63) is 44.8 Å². The standard InChI is InChI=1S/C13H13NS3/c1-2-14-13(10-4-3-6-15-10)12-8-11-9(17-12)5-7-16-11/h3-8,13-14H,2H2,1H3. The van der Waals surface area contributed by atoms with Gasteiger partial charge in [0, 0.05) is 19.2 Å². The summed E-state index contributed by atoms with van der Waals surface area (Å²) in [6.45, 7) is 3.16. The van der Waals surface area contributed by atoms with E-state index in [9.17, 15) is 0 Å². The third-order valence-corrected chi connectivity index (χ3v) is 5.77. The SMILES string of the molecule is CCNC(c1cccs1)c1cc2sccc2s1. The predicted octanol–water partition coefficient (Wildman–Crippen LogP) is 4.72. The van der Waals surface area contributed by atoms with Crippen LogP contribution < -0.4 is 5.32 Å². The predicted molar refractivity (Wildman–Crippen MR) is 79.5 cm³/mol. The van der Waals surface area contributed by atoms with Gasteiger partial charge in [-0.3, -0.25) is 0 Å². The van der Waals surface area contributed by atoms with Gasteiger partial charge in [-0.05, 0) is 35.5 Å². The number of rotatable bonds is 4. The van der Waals surface area contributed by atoms with Crippen LogP contribution in [-0.2, 0) is 0 Å². The van der Waals surface area contributed by atoms with Crippen LogP contribution in [0.4, 0.5) is 0 Å². The van der Waals surface area contributed by atoms with Crippen molar-refractivity contribution in [2.24, 2.45) is 0 Å². The molecular formula is C13H13NS3. The van der Waals surface area contributed by atoms with E-state index in [-0.39, 0.29) is 0 Å². The molecule has 0 bridgehead atoms. The second-order valence-electron chi connectivity index (χ2n) is 3.80. The molecule has 0 aliphatic heterocycles. The largest absolute Gasteiger partial charge is 0.305 e. The first-order chi connectivity index (χ1) is 8.38. The summed E-state index contributed by atoms with van der Waals surface area (Å²) >= 11 is 5.56. The van der Waals surface area contributed by atoms with Crippen LogP contribution in [0.25, 0.3) is 9.40 Å². The Labute approximate surface area is 113 Å². The topological polar surface area (TPSA) is 12.0 Å². The molecule has 0 saturated carbocycles. The summed E-state index contributed by atoms with van der Waals surface area (Å²) in [5, 5.41) is 7.89. The summed E-state index contributed by atoms with van der Waals surface area (Å²) in [5.74, 6) is 0. The molecule has 0 amide bonds. The Bertz CT molecular complexity index is 563. The van der Waals surface area contributed by atoms with E-state index >= 15 is 0 Å². The van der Waals surface area contributed by atoms with Gasteiger partial charge in [-0.25, -0.2) is 0 Å². The molecule has 3 aromatic rings. The molecule has 1 nitrogen and oxygen atoms in total. The van der Waals surface area contributed by atoms with Crippen LogP contribution in [0.15, 0.2) is 35.0 Å². The number of hydrogen-bond acceptors (Lipinski definition) is 4. The van der Waals surface area contributed by atoms with Crippen LogP contribution in [0, 0.1) is 0 Å². The first kappa shape index (κ1) is 11.4. The summed E-state index contributed by atoms with van der Waals surface area (Å²) in [4.78, 5) is 2.83. The maximum atomic E-state index is 3.58. The highest BCUT2D eigenvalue weighted by Gasteiger charge is 2.16. The van der Waals surface area contributed by atoms with E-state index < -0.39 is 0 Å². The van der Waals surface area contributed by atoms with Crippen molar-refractivity contribution in [2.75, 3.05) is 6.54 Å². The molecule has 3 heterocycles. The quantitative estimate of drug-likeness (QED) is 0.728. The minimum Gasteiger partial charge on any atom is -0.305 e. The minimum absolute atomic E-state index is 0.365. The molecule has 4 heteroatoms. The average Bonchev–Trinajstić information content (AvgIpc) is 3.01. The molecule has 0 aliphatic rings. The van der Waals surface area contributed by atoms with Crippen LogP contribution in [0.2, 0.25) is 0 Å². The van der Waals surface area contributed by atoms with Crippen molar-refractivity contribution in [1.82, 2.24) is 5.32 Å². The Morgan fingerprint density at radius 2 is 2.06 bits per heavy atom. The van der Waals surface area contributed by atoms with Gasteiger partial charge in [0.25, 0.3) is 0 Å². The number of fused-ring (bicyclic) bond motifs is 1. The van der Waals surface area contributed by atoms with E-state index in [1.54, 1.807) is 0 Å². The number of thiophene rings is 3. The summed E-state index contributed by atoms with van der Waals surface area (Å²) in [6.07, 6.45) is 0. The fourth-order valence-electron chi connectivity index (χ4n) is 1.93. The Hall–Kier alpha value is -0.680. The lowest BCUT2D eigenvalue weighted by molar-refractivity contribution is 0.649. The Morgan fingerprint density at radius 1 is 1.12 bits per heavy atom. The molecule has 3 rings (SSSR count). The molecule has 0 aromatic carbocycles. The van der Waals surface area contributed by atoms with E-state index in [1.807, 2.05) is 34.0 Å². The Kier molecular flexibility index (Phi) is 3.29. The van der Waals surface area contributed by atoms with Gasteiger partial charge in [0.2, 0.25) is 0 Å². The molecule has 0 spiro atoms. The van der Waals surface area contributed by atoms with Gasteiger partial charge in [-0.1, -0.05) is 13.0 Å². The van der Waals surface area contributed by atoms with Crippen molar-refractivity contribution in [1.29, 1.82) is 0 Å². The molecular weight excluding hydrogens is 266 g/mol. The van der Waals surface area contributed by atoms with Crippen LogP contribution >= 0.6 is 34.0 Å². The molecule has 1 unspecified atom stereocenters. The molecule has 17 heavy (non-hydrogen) atoms. The zero-order chi connectivity index (χ0) is 11.7. The highest BCUT2D eigenvalue weighted by Crippen LogP contribution is 2.36. The maximum Gasteiger partial charge on any atom is 0.0765 e. The average molecular weight is 279 g/mol. The van der Waals surface area contributed by atoms with Crippen molar-refractivity contribution < 1.29 is 0 Å². The van der Waals surface area contributed by atoms with E-state index in [0.717, 1.165) is 6.54 Å². The van der Waals surface area contributed by atoms with Gasteiger partial charge in [0.1, 0.15) is 0 Å². The van der Waals surface area contributed by atoms with Crippen LogP contribution in [0.3, 0.4) is 0 Å². The second kappa shape index (κ2) is 4.90. The van der Waals surface area contributed by atoms with Gasteiger partial charge >= 0.3 is 0 Å². The van der Waals surface area contributed by atoms with Gasteiger partial charge in [-0.15, -0.1) is 34.0 Å². The normalized spacial score (nSPS) is 13.2. The molecule has 0 saturated heterocycles. The molecule has 0 fully saturated rings. The summed E-state index contributed by atoms with van der Waals surface area (Å²) in [7, 11) is 0. The molecule has 3 aromatic heterocycles. The molecule has 1 N–H and O–H groups in total. The van der Waals surface area contributed by atoms with Gasteiger partial charge in [0.05, 0.1) is 6.04 Å². The number of nitrogens with one attached hydrogen (secondary N) is 1. The lowest BCUT2D eigenvalue weighted by Gasteiger charge is -2.14. The fourth-order valence-corrected chi connectivity index (χ4v) is 5.03. The van der Waals surface area contributed by atoms with Crippen LogP contribution in [-0.4, -0.2) is 6.54 Å². The first-order valence-electron chi connectivity index (χ1n) is 5.62. The van der Waals surface area contributed by atoms with Crippen LogP contribution in [0.5, 0.6) is 0 Å². The third-order valence-electron chi connectivity index (χ3n) is 2.68. The summed E-state index contributed by atoms with van der Waals surface area (Å²) in [6, 6.07) is 9.25. The Balaban J connectivity index is 2.01. The van der Waals surface area contributed by atoms with E-state index in [2.05, 4.69) is 47.3 Å². The molecule has 0 aliphatic carbocycles. The zero-order valence-electron chi connectivity index (χ0n) is 9.47. The first-order valence-corrected chi connectivity index (χ1v) is 8.20. The van der Waals surface area contributed by atoms with E-state index in [1.165, 1.54) is 19.2 Å². The van der Waals surface area contributed by atoms with Crippen LogP contribution in [0.1, 0.15) is 22.7 Å². The van der Waals surface area contributed by atoms with E-state index in [4.69, 9.17) is 0 Å². The van der Waals surface area contributed by atoms with Crippen molar-refractivity contribution in [3.8, 4) is 0 Å². The van der Waals surface area contributed by atoms with Gasteiger partial charge < -0.3 is 5.32 Å². The number of hydrogen-bond donors (Lipinski definition) is 1. The third kappa shape index (κ3) is 2.18. The highest BCUT2D eigenvalue weighted by molar-refractivity contribution is 7.27. The van der Waals surface area contributed by atoms with Crippen molar-refractivity contribution >= 4 is 43.4 Å². The summed E-state index contributed by atoms with van der Waals surface area (Å²) < 4.78 is 2.81. The zero-order valence-corrected chi connectivity index (χ0v) is 11.9. The molecule has 88 valence electrons. The monoisotopic (exact) mass is 279 g/mol. The highest BCUT2D eigenvalue weighted by atomic mass is 32.1. The van der Waals surface area contributed by atoms with E-state index in [0.29, 0.717) is 6.04 Å². The van der Waals surface area contributed by atoms with Gasteiger partial charge in [-0.2, -0.15) is 0 Å². The maximum absolute atomic E-state index is 3.58. The van der Waals surface area contributed by atoms with Crippen molar-refractivity contribution in [3.63, 3.8) is 0 Å². The minimum atomic E-state index is 0.365. The Morgan fingerprint density at radius 3 is 2.76 bits per heavy atom. The lowest BCUT2D eigenvalue weighted by Crippen LogP contribution is -2.19. The lowest BCUT2D eigenvalue weighted by atomic mass is 10.2. The van der Waals surface area contributed by atoms with Crippen molar-refractivity contribution in [2.45, 2.75) is 13.0 Å². The smallest absolute Gasteiger partial charge is 0.0765 e. The fraction of sp³-hybridized carbons (Fsp3) is 0.231. The molecule has 1 atom stereocenters.